The molecule has 0 atom stereocenters. The van der Waals surface area contributed by atoms with Crippen LogP contribution >= 0.6 is 11.3 Å². The Morgan fingerprint density at radius 2 is 2.25 bits per heavy atom. The molecular formula is C11H15N3OS. The quantitative estimate of drug-likeness (QED) is 0.820. The van der Waals surface area contributed by atoms with Crippen molar-refractivity contribution in [2.24, 2.45) is 0 Å². The van der Waals surface area contributed by atoms with Crippen molar-refractivity contribution in [3.63, 3.8) is 0 Å². The number of aromatic nitrogens is 3. The number of aryl methyl sites for hydroxylation is 3. The third-order valence-electron chi connectivity index (χ3n) is 2.37. The zero-order chi connectivity index (χ0) is 11.5. The van der Waals surface area contributed by atoms with E-state index in [2.05, 4.69) is 17.0 Å². The summed E-state index contributed by atoms with van der Waals surface area (Å²) in [6, 6.07) is 0. The molecule has 2 aromatic heterocycles. The molecule has 0 radical (unpaired) electrons. The van der Waals surface area contributed by atoms with Crippen LogP contribution in [-0.4, -0.2) is 14.8 Å². The average molecular weight is 237 g/mol. The Kier molecular flexibility index (Phi) is 3.24. The molecule has 0 amide bonds. The molecule has 0 aromatic carbocycles. The molecule has 0 N–H and O–H groups in total. The standard InChI is InChI=1S/C11H15N3OS/c1-4-14-6-10(5-12-14)15-7-11-13-8(2)9(3)16-11/h5-6H,4,7H2,1-3H3. The Balaban J connectivity index is 1.96. The van der Waals surface area contributed by atoms with Crippen LogP contribution in [0, 0.1) is 13.8 Å². The first-order valence-corrected chi connectivity index (χ1v) is 6.09. The highest BCUT2D eigenvalue weighted by Crippen LogP contribution is 2.18. The summed E-state index contributed by atoms with van der Waals surface area (Å²) in [5.41, 5.74) is 1.09. The molecular weight excluding hydrogens is 222 g/mol. The van der Waals surface area contributed by atoms with E-state index in [0.29, 0.717) is 6.61 Å². The normalized spacial score (nSPS) is 10.7. The molecule has 0 fully saturated rings. The van der Waals surface area contributed by atoms with Crippen molar-refractivity contribution in [3.8, 4) is 5.75 Å². The van der Waals surface area contributed by atoms with Crippen LogP contribution < -0.4 is 4.74 Å². The van der Waals surface area contributed by atoms with Crippen LogP contribution in [0.1, 0.15) is 22.5 Å². The number of thiazole rings is 1. The summed E-state index contributed by atoms with van der Waals surface area (Å²) in [4.78, 5) is 5.67. The van der Waals surface area contributed by atoms with Gasteiger partial charge in [0.15, 0.2) is 5.75 Å². The lowest BCUT2D eigenvalue weighted by Gasteiger charge is -1.98. The van der Waals surface area contributed by atoms with E-state index in [9.17, 15) is 0 Å². The Bertz CT molecular complexity index is 456. The molecule has 0 bridgehead atoms. The Hall–Kier alpha value is -1.36. The second-order valence-electron chi connectivity index (χ2n) is 3.57. The molecule has 4 nitrogen and oxygen atoms in total. The van der Waals surface area contributed by atoms with E-state index in [-0.39, 0.29) is 0 Å². The van der Waals surface area contributed by atoms with E-state index >= 15 is 0 Å². The van der Waals surface area contributed by atoms with Crippen LogP contribution in [0.15, 0.2) is 12.4 Å². The van der Waals surface area contributed by atoms with Crippen molar-refractivity contribution < 1.29 is 4.74 Å². The van der Waals surface area contributed by atoms with Gasteiger partial charge in [-0.1, -0.05) is 0 Å². The van der Waals surface area contributed by atoms with Gasteiger partial charge in [-0.05, 0) is 20.8 Å². The lowest BCUT2D eigenvalue weighted by molar-refractivity contribution is 0.305. The van der Waals surface area contributed by atoms with Crippen molar-refractivity contribution in [1.29, 1.82) is 0 Å². The van der Waals surface area contributed by atoms with Gasteiger partial charge in [0, 0.05) is 11.4 Å². The van der Waals surface area contributed by atoms with Gasteiger partial charge in [-0.15, -0.1) is 11.3 Å². The zero-order valence-electron chi connectivity index (χ0n) is 9.73. The fourth-order valence-electron chi connectivity index (χ4n) is 1.34. The summed E-state index contributed by atoms with van der Waals surface area (Å²) in [6.07, 6.45) is 3.63. The summed E-state index contributed by atoms with van der Waals surface area (Å²) in [6.45, 7) is 7.52. The van der Waals surface area contributed by atoms with Gasteiger partial charge in [0.25, 0.3) is 0 Å². The fraction of sp³-hybridized carbons (Fsp3) is 0.455. The average Bonchev–Trinajstić information content (AvgIpc) is 2.84. The third-order valence-corrected chi connectivity index (χ3v) is 3.42. The lowest BCUT2D eigenvalue weighted by atomic mass is 10.4. The summed E-state index contributed by atoms with van der Waals surface area (Å²) < 4.78 is 7.45. The Labute approximate surface area is 98.9 Å². The summed E-state index contributed by atoms with van der Waals surface area (Å²) in [7, 11) is 0. The van der Waals surface area contributed by atoms with Gasteiger partial charge in [-0.2, -0.15) is 5.10 Å². The lowest BCUT2D eigenvalue weighted by Crippen LogP contribution is -1.94. The molecule has 5 heteroatoms. The van der Waals surface area contributed by atoms with Crippen LogP contribution in [0.5, 0.6) is 5.75 Å². The number of ether oxygens (including phenoxy) is 1. The molecule has 0 saturated heterocycles. The molecule has 0 aliphatic rings. The minimum Gasteiger partial charge on any atom is -0.483 e. The van der Waals surface area contributed by atoms with Crippen molar-refractivity contribution >= 4 is 11.3 Å². The Morgan fingerprint density at radius 3 is 2.81 bits per heavy atom. The van der Waals surface area contributed by atoms with Crippen molar-refractivity contribution in [1.82, 2.24) is 14.8 Å². The topological polar surface area (TPSA) is 39.9 Å². The van der Waals surface area contributed by atoms with Crippen LogP contribution in [0.25, 0.3) is 0 Å². The summed E-state index contributed by atoms with van der Waals surface area (Å²) in [5.74, 6) is 0.798. The first kappa shape index (κ1) is 11.1. The van der Waals surface area contributed by atoms with E-state index < -0.39 is 0 Å². The minimum atomic E-state index is 0.523. The van der Waals surface area contributed by atoms with Crippen LogP contribution in [-0.2, 0) is 13.2 Å². The SMILES string of the molecule is CCn1cc(OCc2nc(C)c(C)s2)cn1. The largest absolute Gasteiger partial charge is 0.483 e. The predicted octanol–water partition coefficient (Wildman–Crippen LogP) is 2.56. The highest BCUT2D eigenvalue weighted by molar-refractivity contribution is 7.11. The van der Waals surface area contributed by atoms with Gasteiger partial charge in [-0.3, -0.25) is 4.68 Å². The monoisotopic (exact) mass is 237 g/mol. The van der Waals surface area contributed by atoms with E-state index in [1.807, 2.05) is 24.7 Å². The maximum absolute atomic E-state index is 5.61. The number of hydrogen-bond acceptors (Lipinski definition) is 4. The van der Waals surface area contributed by atoms with Gasteiger partial charge < -0.3 is 4.74 Å². The third kappa shape index (κ3) is 2.41. The highest BCUT2D eigenvalue weighted by atomic mass is 32.1. The minimum absolute atomic E-state index is 0.523. The zero-order valence-corrected chi connectivity index (χ0v) is 10.5. The maximum Gasteiger partial charge on any atom is 0.157 e. The van der Waals surface area contributed by atoms with E-state index in [0.717, 1.165) is 23.0 Å². The first-order valence-electron chi connectivity index (χ1n) is 5.27. The molecule has 0 aliphatic carbocycles. The van der Waals surface area contributed by atoms with Crippen molar-refractivity contribution in [3.05, 3.63) is 28.0 Å². The highest BCUT2D eigenvalue weighted by Gasteiger charge is 2.05. The number of hydrogen-bond donors (Lipinski definition) is 0. The van der Waals surface area contributed by atoms with E-state index in [1.165, 1.54) is 4.88 Å². The van der Waals surface area contributed by atoms with E-state index in [4.69, 9.17) is 4.74 Å². The molecule has 0 spiro atoms. The van der Waals surface area contributed by atoms with E-state index in [1.54, 1.807) is 17.5 Å². The molecule has 0 aliphatic heterocycles. The first-order chi connectivity index (χ1) is 7.69. The van der Waals surface area contributed by atoms with Gasteiger partial charge in [0.05, 0.1) is 18.1 Å². The fourth-order valence-corrected chi connectivity index (χ4v) is 2.19. The van der Waals surface area contributed by atoms with Gasteiger partial charge in [-0.25, -0.2) is 4.98 Å². The molecule has 2 heterocycles. The van der Waals surface area contributed by atoms with Crippen molar-refractivity contribution in [2.45, 2.75) is 33.9 Å². The van der Waals surface area contributed by atoms with Gasteiger partial charge in [0.1, 0.15) is 11.6 Å². The second-order valence-corrected chi connectivity index (χ2v) is 4.86. The number of rotatable bonds is 4. The van der Waals surface area contributed by atoms with Crippen LogP contribution in [0.3, 0.4) is 0 Å². The molecule has 2 aromatic rings. The summed E-state index contributed by atoms with van der Waals surface area (Å²) in [5, 5.41) is 5.16. The summed E-state index contributed by atoms with van der Waals surface area (Å²) >= 11 is 1.68. The van der Waals surface area contributed by atoms with Gasteiger partial charge >= 0.3 is 0 Å². The molecule has 0 unspecified atom stereocenters. The van der Waals surface area contributed by atoms with Crippen molar-refractivity contribution in [2.75, 3.05) is 0 Å². The molecule has 2 rings (SSSR count). The predicted molar refractivity (Wildman–Crippen MR) is 63.8 cm³/mol. The molecule has 0 saturated carbocycles. The van der Waals surface area contributed by atoms with Gasteiger partial charge in [0.2, 0.25) is 0 Å². The Morgan fingerprint density at radius 1 is 1.44 bits per heavy atom. The van der Waals surface area contributed by atoms with Crippen LogP contribution in [0.2, 0.25) is 0 Å². The molecule has 16 heavy (non-hydrogen) atoms. The maximum atomic E-state index is 5.61. The number of nitrogens with zero attached hydrogens (tertiary/aromatic N) is 3. The smallest absolute Gasteiger partial charge is 0.157 e. The molecule has 86 valence electrons. The van der Waals surface area contributed by atoms with Crippen LogP contribution in [0.4, 0.5) is 0 Å². The second kappa shape index (κ2) is 4.65.